The lowest BCUT2D eigenvalue weighted by Crippen LogP contribution is -2.44. The number of likely N-dealkylation sites (N-methyl/N-ethyl adjacent to an activating group) is 1. The van der Waals surface area contributed by atoms with E-state index in [4.69, 9.17) is 9.72 Å². The summed E-state index contributed by atoms with van der Waals surface area (Å²) < 4.78 is 5.42. The van der Waals surface area contributed by atoms with E-state index in [0.29, 0.717) is 13.0 Å². The molecule has 1 fully saturated rings. The molecule has 3 aromatic carbocycles. The molecule has 6 nitrogen and oxygen atoms in total. The lowest BCUT2D eigenvalue weighted by molar-refractivity contribution is -0.120. The minimum absolute atomic E-state index is 0.0792. The Hall–Kier alpha value is -3.90. The normalized spacial score (nSPS) is 14.3. The summed E-state index contributed by atoms with van der Waals surface area (Å²) in [5.74, 6) is 1.68. The number of ether oxygens (including phenoxy) is 1. The van der Waals surface area contributed by atoms with Crippen molar-refractivity contribution in [1.29, 1.82) is 0 Å². The van der Waals surface area contributed by atoms with Crippen LogP contribution < -0.4 is 14.5 Å². The van der Waals surface area contributed by atoms with Gasteiger partial charge in [0.05, 0.1) is 13.7 Å². The van der Waals surface area contributed by atoms with Crippen LogP contribution in [0.25, 0.3) is 21.9 Å². The first-order valence-corrected chi connectivity index (χ1v) is 14.5. The summed E-state index contributed by atoms with van der Waals surface area (Å²) >= 11 is 0. The maximum Gasteiger partial charge on any atom is 0.229 e. The minimum Gasteiger partial charge on any atom is -0.496 e. The topological polar surface area (TPSA) is 48.9 Å². The summed E-state index contributed by atoms with van der Waals surface area (Å²) in [6, 6.07) is 23.3. The molecule has 1 aliphatic heterocycles. The molecule has 2 heterocycles. The molecule has 1 amide bonds. The van der Waals surface area contributed by atoms with Crippen molar-refractivity contribution in [3.05, 3.63) is 84.1 Å². The molecule has 1 aliphatic rings. The SMILES string of the molecule is COc1ccc(-c2ccc(CN(C(=O)CC(C)(C)C)c3nccc4cc(N5CCN(C)CC5)ccc34)cc2)cc1C. The van der Waals surface area contributed by atoms with Crippen molar-refractivity contribution in [1.82, 2.24) is 9.88 Å². The maximum atomic E-state index is 13.8. The van der Waals surface area contributed by atoms with E-state index in [-0.39, 0.29) is 11.3 Å². The summed E-state index contributed by atoms with van der Waals surface area (Å²) in [5, 5.41) is 2.10. The fraction of sp³-hybridized carbons (Fsp3) is 0.371. The molecule has 0 aliphatic carbocycles. The van der Waals surface area contributed by atoms with Crippen LogP contribution in [0.1, 0.15) is 38.3 Å². The number of benzene rings is 3. The van der Waals surface area contributed by atoms with Gasteiger partial charge in [0.15, 0.2) is 0 Å². The van der Waals surface area contributed by atoms with Gasteiger partial charge in [0.25, 0.3) is 0 Å². The van der Waals surface area contributed by atoms with Gasteiger partial charge < -0.3 is 14.5 Å². The van der Waals surface area contributed by atoms with Gasteiger partial charge in [-0.1, -0.05) is 51.1 Å². The Kier molecular flexibility index (Phi) is 8.32. The Morgan fingerprint density at radius 1 is 0.927 bits per heavy atom. The van der Waals surface area contributed by atoms with Crippen molar-refractivity contribution in [2.45, 2.75) is 40.7 Å². The molecule has 0 saturated carbocycles. The molecule has 214 valence electrons. The number of hydrogen-bond donors (Lipinski definition) is 0. The minimum atomic E-state index is -0.134. The summed E-state index contributed by atoms with van der Waals surface area (Å²) in [7, 11) is 3.87. The average molecular weight is 551 g/mol. The lowest BCUT2D eigenvalue weighted by atomic mass is 9.91. The molecular weight excluding hydrogens is 508 g/mol. The second-order valence-corrected chi connectivity index (χ2v) is 12.4. The van der Waals surface area contributed by atoms with Gasteiger partial charge in [0.1, 0.15) is 11.6 Å². The highest BCUT2D eigenvalue weighted by Crippen LogP contribution is 2.32. The van der Waals surface area contributed by atoms with Crippen LogP contribution in [0, 0.1) is 12.3 Å². The predicted molar refractivity (Wildman–Crippen MR) is 170 cm³/mol. The van der Waals surface area contributed by atoms with E-state index in [1.165, 1.54) is 5.69 Å². The van der Waals surface area contributed by atoms with Crippen molar-refractivity contribution in [2.24, 2.45) is 5.41 Å². The number of fused-ring (bicyclic) bond motifs is 1. The van der Waals surface area contributed by atoms with Crippen LogP contribution in [0.15, 0.2) is 72.9 Å². The Morgan fingerprint density at radius 2 is 1.63 bits per heavy atom. The van der Waals surface area contributed by atoms with Crippen LogP contribution in [0.3, 0.4) is 0 Å². The van der Waals surface area contributed by atoms with E-state index in [1.54, 1.807) is 7.11 Å². The fourth-order valence-electron chi connectivity index (χ4n) is 5.50. The van der Waals surface area contributed by atoms with Crippen molar-refractivity contribution in [3.63, 3.8) is 0 Å². The largest absolute Gasteiger partial charge is 0.496 e. The first-order valence-electron chi connectivity index (χ1n) is 14.5. The Morgan fingerprint density at radius 3 is 2.29 bits per heavy atom. The first-order chi connectivity index (χ1) is 19.6. The van der Waals surface area contributed by atoms with Gasteiger partial charge in [-0.05, 0) is 83.4 Å². The zero-order chi connectivity index (χ0) is 29.1. The van der Waals surface area contributed by atoms with E-state index in [2.05, 4.69) is 105 Å². The van der Waals surface area contributed by atoms with E-state index in [9.17, 15) is 4.79 Å². The molecule has 0 N–H and O–H groups in total. The Balaban J connectivity index is 1.45. The quantitative estimate of drug-likeness (QED) is 0.249. The predicted octanol–water partition coefficient (Wildman–Crippen LogP) is 6.94. The van der Waals surface area contributed by atoms with E-state index in [0.717, 1.165) is 70.8 Å². The molecule has 5 rings (SSSR count). The van der Waals surface area contributed by atoms with Crippen LogP contribution in [-0.2, 0) is 11.3 Å². The van der Waals surface area contributed by atoms with E-state index >= 15 is 0 Å². The summed E-state index contributed by atoms with van der Waals surface area (Å²) in [6.07, 6.45) is 2.27. The third-order valence-corrected chi connectivity index (χ3v) is 7.86. The number of hydrogen-bond acceptors (Lipinski definition) is 5. The number of anilines is 2. The van der Waals surface area contributed by atoms with Gasteiger partial charge in [-0.3, -0.25) is 9.69 Å². The summed E-state index contributed by atoms with van der Waals surface area (Å²) in [4.78, 5) is 25.2. The van der Waals surface area contributed by atoms with Crippen molar-refractivity contribution in [3.8, 4) is 16.9 Å². The number of piperazine rings is 1. The van der Waals surface area contributed by atoms with E-state index < -0.39 is 0 Å². The zero-order valence-electron chi connectivity index (χ0n) is 25.3. The second kappa shape index (κ2) is 11.9. The van der Waals surface area contributed by atoms with Gasteiger partial charge in [0.2, 0.25) is 5.91 Å². The average Bonchev–Trinajstić information content (AvgIpc) is 2.95. The number of carbonyl (C=O) groups is 1. The molecule has 0 unspecified atom stereocenters. The standard InChI is InChI=1S/C35H42N4O2/c1-25-21-28(11-14-32(25)41-6)27-9-7-26(8-10-27)24-39(33(40)23-35(2,3)4)34-31-13-12-30(22-29(31)15-16-36-34)38-19-17-37(5)18-20-38/h7-16,21-22H,17-20,23-24H2,1-6H3. The van der Waals surface area contributed by atoms with Gasteiger partial charge in [0, 0.05) is 49.9 Å². The van der Waals surface area contributed by atoms with Gasteiger partial charge in [-0.2, -0.15) is 0 Å². The molecular formula is C35H42N4O2. The van der Waals surface area contributed by atoms with Crippen LogP contribution >= 0.6 is 0 Å². The zero-order valence-corrected chi connectivity index (χ0v) is 25.3. The van der Waals surface area contributed by atoms with Gasteiger partial charge >= 0.3 is 0 Å². The Labute approximate surface area is 244 Å². The summed E-state index contributed by atoms with van der Waals surface area (Å²) in [5.41, 5.74) is 5.53. The van der Waals surface area contributed by atoms with Crippen LogP contribution in [0.2, 0.25) is 0 Å². The number of pyridine rings is 1. The van der Waals surface area contributed by atoms with Crippen molar-refractivity contribution < 1.29 is 9.53 Å². The monoisotopic (exact) mass is 550 g/mol. The number of amides is 1. The van der Waals surface area contributed by atoms with Crippen LogP contribution in [0.5, 0.6) is 5.75 Å². The molecule has 0 radical (unpaired) electrons. The van der Waals surface area contributed by atoms with Gasteiger partial charge in [-0.15, -0.1) is 0 Å². The number of nitrogens with zero attached hydrogens (tertiary/aromatic N) is 4. The highest BCUT2D eigenvalue weighted by atomic mass is 16.5. The molecule has 0 atom stereocenters. The second-order valence-electron chi connectivity index (χ2n) is 12.4. The third kappa shape index (κ3) is 6.71. The van der Waals surface area contributed by atoms with E-state index in [1.807, 2.05) is 17.2 Å². The number of carbonyl (C=O) groups excluding carboxylic acids is 1. The molecule has 1 aromatic heterocycles. The lowest BCUT2D eigenvalue weighted by Gasteiger charge is -2.34. The highest BCUT2D eigenvalue weighted by Gasteiger charge is 2.25. The molecule has 41 heavy (non-hydrogen) atoms. The molecule has 1 saturated heterocycles. The van der Waals surface area contributed by atoms with Crippen molar-refractivity contribution >= 4 is 28.2 Å². The highest BCUT2D eigenvalue weighted by molar-refractivity contribution is 6.03. The number of methoxy groups -OCH3 is 1. The molecule has 4 aromatic rings. The number of aryl methyl sites for hydroxylation is 1. The third-order valence-electron chi connectivity index (χ3n) is 7.86. The van der Waals surface area contributed by atoms with Crippen LogP contribution in [0.4, 0.5) is 11.5 Å². The smallest absolute Gasteiger partial charge is 0.229 e. The molecule has 0 bridgehead atoms. The number of aromatic nitrogens is 1. The van der Waals surface area contributed by atoms with Crippen molar-refractivity contribution in [2.75, 3.05) is 50.1 Å². The van der Waals surface area contributed by atoms with Crippen LogP contribution in [-0.4, -0.2) is 56.1 Å². The van der Waals surface area contributed by atoms with Gasteiger partial charge in [-0.25, -0.2) is 4.98 Å². The maximum absolute atomic E-state index is 13.8. The number of rotatable bonds is 7. The molecule has 0 spiro atoms. The fourth-order valence-corrected chi connectivity index (χ4v) is 5.50. The first kappa shape index (κ1) is 28.6. The Bertz CT molecular complexity index is 1520. The summed E-state index contributed by atoms with van der Waals surface area (Å²) in [6.45, 7) is 13.0. The molecule has 6 heteroatoms.